The van der Waals surface area contributed by atoms with Crippen molar-refractivity contribution in [2.24, 2.45) is 5.84 Å². The van der Waals surface area contributed by atoms with Crippen LogP contribution in [0.25, 0.3) is 0 Å². The van der Waals surface area contributed by atoms with E-state index in [1.54, 1.807) is 52.1 Å². The lowest BCUT2D eigenvalue weighted by Gasteiger charge is -2.24. The van der Waals surface area contributed by atoms with Gasteiger partial charge in [0.1, 0.15) is 11.6 Å². The fourth-order valence-corrected chi connectivity index (χ4v) is 1.83. The molecule has 1 rings (SSSR count). The van der Waals surface area contributed by atoms with Gasteiger partial charge in [0.2, 0.25) is 0 Å². The average Bonchev–Trinajstić information content (AvgIpc) is 2.36. The second kappa shape index (κ2) is 7.44. The van der Waals surface area contributed by atoms with Gasteiger partial charge in [-0.3, -0.25) is 16.1 Å². The van der Waals surface area contributed by atoms with Crippen LogP contribution in [0.4, 0.5) is 4.79 Å². The zero-order chi connectivity index (χ0) is 16.9. The van der Waals surface area contributed by atoms with Gasteiger partial charge in [0.05, 0.1) is 0 Å². The highest BCUT2D eigenvalue weighted by Crippen LogP contribution is 2.19. The lowest BCUT2D eigenvalue weighted by Crippen LogP contribution is -2.50. The average molecular weight is 329 g/mol. The number of rotatable bonds is 3. The Morgan fingerprint density at radius 2 is 1.77 bits per heavy atom. The molecule has 1 unspecified atom stereocenters. The summed E-state index contributed by atoms with van der Waals surface area (Å²) in [5.41, 5.74) is 4.45. The van der Waals surface area contributed by atoms with Crippen molar-refractivity contribution in [2.75, 3.05) is 7.05 Å². The number of benzene rings is 1. The van der Waals surface area contributed by atoms with E-state index in [1.807, 2.05) is 0 Å². The molecule has 22 heavy (non-hydrogen) atoms. The second-order valence-corrected chi connectivity index (χ2v) is 6.17. The summed E-state index contributed by atoms with van der Waals surface area (Å²) in [6, 6.07) is 5.89. The predicted molar refractivity (Wildman–Crippen MR) is 83.7 cm³/mol. The molecule has 0 bridgehead atoms. The van der Waals surface area contributed by atoms with Crippen molar-refractivity contribution in [3.63, 3.8) is 0 Å². The summed E-state index contributed by atoms with van der Waals surface area (Å²) in [6.07, 6.45) is -0.754. The van der Waals surface area contributed by atoms with Crippen LogP contribution in [0.2, 0.25) is 5.02 Å². The van der Waals surface area contributed by atoms with E-state index in [1.165, 1.54) is 5.01 Å². The van der Waals surface area contributed by atoms with Crippen LogP contribution in [0.15, 0.2) is 24.3 Å². The van der Waals surface area contributed by atoms with Crippen molar-refractivity contribution >= 4 is 23.6 Å². The Kier molecular flexibility index (Phi) is 6.16. The number of nitrogens with zero attached hydrogens (tertiary/aromatic N) is 1. The largest absolute Gasteiger partial charge is 0.443 e. The topological polar surface area (TPSA) is 96.7 Å². The molecule has 1 aromatic carbocycles. The zero-order valence-corrected chi connectivity index (χ0v) is 13.8. The first-order valence-corrected chi connectivity index (χ1v) is 7.00. The third-order valence-electron chi connectivity index (χ3n) is 2.53. The third-order valence-corrected chi connectivity index (χ3v) is 2.78. The van der Waals surface area contributed by atoms with Gasteiger partial charge in [-0.05, 0) is 38.5 Å². The first-order valence-electron chi connectivity index (χ1n) is 6.62. The fourth-order valence-electron chi connectivity index (χ4n) is 1.70. The van der Waals surface area contributed by atoms with E-state index in [0.29, 0.717) is 10.6 Å². The molecule has 0 aliphatic rings. The molecule has 7 nitrogen and oxygen atoms in total. The Bertz CT molecular complexity index is 526. The van der Waals surface area contributed by atoms with Crippen molar-refractivity contribution in [1.29, 1.82) is 0 Å². The van der Waals surface area contributed by atoms with Crippen LogP contribution < -0.4 is 16.7 Å². The molecule has 2 amide bonds. The fraction of sp³-hybridized carbons (Fsp3) is 0.429. The van der Waals surface area contributed by atoms with Crippen molar-refractivity contribution in [3.05, 3.63) is 34.9 Å². The zero-order valence-electron chi connectivity index (χ0n) is 13.0. The molecule has 8 heteroatoms. The van der Waals surface area contributed by atoms with Gasteiger partial charge in [-0.15, -0.1) is 0 Å². The van der Waals surface area contributed by atoms with Crippen molar-refractivity contribution in [2.45, 2.75) is 32.4 Å². The number of halogens is 1. The Morgan fingerprint density at radius 1 is 1.23 bits per heavy atom. The van der Waals surface area contributed by atoms with Crippen molar-refractivity contribution in [3.8, 4) is 0 Å². The molecule has 0 spiro atoms. The van der Waals surface area contributed by atoms with Gasteiger partial charge >= 0.3 is 6.09 Å². The molecule has 0 aliphatic heterocycles. The summed E-state index contributed by atoms with van der Waals surface area (Å²) in [5, 5.41) is 1.78. The smallest absolute Gasteiger partial charge is 0.426 e. The highest BCUT2D eigenvalue weighted by atomic mass is 35.5. The van der Waals surface area contributed by atoms with Crippen molar-refractivity contribution in [1.82, 2.24) is 15.9 Å². The molecular weight excluding hydrogens is 308 g/mol. The standard InChI is InChI=1S/C14H21ClN4O3/c1-14(2,3)22-13(21)18-17-12(20)11(19(4)16)9-5-7-10(15)8-6-9/h5-8,11H,16H2,1-4H3,(H,17,20)(H,18,21). The van der Waals surface area contributed by atoms with Gasteiger partial charge in [-0.2, -0.15) is 0 Å². The normalized spacial score (nSPS) is 12.7. The number of carbonyl (C=O) groups is 2. The maximum Gasteiger partial charge on any atom is 0.426 e. The van der Waals surface area contributed by atoms with E-state index in [9.17, 15) is 9.59 Å². The van der Waals surface area contributed by atoms with Crippen LogP contribution in [-0.2, 0) is 9.53 Å². The molecule has 0 aromatic heterocycles. The van der Waals surface area contributed by atoms with E-state index in [0.717, 1.165) is 0 Å². The van der Waals surface area contributed by atoms with Crippen LogP contribution in [0.5, 0.6) is 0 Å². The molecule has 0 aliphatic carbocycles. The summed E-state index contributed by atoms with van der Waals surface area (Å²) in [7, 11) is 1.55. The van der Waals surface area contributed by atoms with E-state index >= 15 is 0 Å². The maximum absolute atomic E-state index is 12.2. The second-order valence-electron chi connectivity index (χ2n) is 5.74. The summed E-state index contributed by atoms with van der Waals surface area (Å²) < 4.78 is 5.02. The molecule has 0 radical (unpaired) electrons. The predicted octanol–water partition coefficient (Wildman–Crippen LogP) is 1.74. The SMILES string of the molecule is CN(N)C(C(=O)NNC(=O)OC(C)(C)C)c1ccc(Cl)cc1. The van der Waals surface area contributed by atoms with Crippen LogP contribution in [0.3, 0.4) is 0 Å². The first kappa shape index (κ1) is 18.2. The summed E-state index contributed by atoms with van der Waals surface area (Å²) in [5.74, 6) is 5.21. The van der Waals surface area contributed by atoms with Crippen LogP contribution >= 0.6 is 11.6 Å². The molecular formula is C14H21ClN4O3. The van der Waals surface area contributed by atoms with Crippen molar-refractivity contribution < 1.29 is 14.3 Å². The van der Waals surface area contributed by atoms with Gasteiger partial charge in [-0.1, -0.05) is 23.7 Å². The third kappa shape index (κ3) is 5.88. The molecule has 0 saturated carbocycles. The molecule has 1 atom stereocenters. The van der Waals surface area contributed by atoms with Crippen LogP contribution in [-0.4, -0.2) is 29.7 Å². The minimum absolute atomic E-state index is 0.502. The molecule has 1 aromatic rings. The number of likely N-dealkylation sites (N-methyl/N-ethyl adjacent to an activating group) is 1. The number of hydrogen-bond acceptors (Lipinski definition) is 5. The Morgan fingerprint density at radius 3 is 2.23 bits per heavy atom. The summed E-state index contributed by atoms with van der Waals surface area (Å²) in [4.78, 5) is 23.7. The highest BCUT2D eigenvalue weighted by Gasteiger charge is 2.24. The monoisotopic (exact) mass is 328 g/mol. The first-order chi connectivity index (χ1) is 10.1. The number of hydrazine groups is 2. The minimum Gasteiger partial charge on any atom is -0.443 e. The Balaban J connectivity index is 2.71. The number of ether oxygens (including phenoxy) is 1. The molecule has 0 fully saturated rings. The summed E-state index contributed by atoms with van der Waals surface area (Å²) in [6.45, 7) is 5.16. The van der Waals surface area contributed by atoms with Crippen LogP contribution in [0, 0.1) is 0 Å². The maximum atomic E-state index is 12.2. The van der Waals surface area contributed by atoms with Gasteiger partial charge in [0.15, 0.2) is 0 Å². The molecule has 4 N–H and O–H groups in total. The van der Waals surface area contributed by atoms with Crippen LogP contribution in [0.1, 0.15) is 32.4 Å². The highest BCUT2D eigenvalue weighted by molar-refractivity contribution is 6.30. The summed E-state index contributed by atoms with van der Waals surface area (Å²) >= 11 is 5.82. The molecule has 0 saturated heterocycles. The minimum atomic E-state index is -0.785. The molecule has 122 valence electrons. The van der Waals surface area contributed by atoms with Gasteiger partial charge in [-0.25, -0.2) is 15.2 Å². The number of nitrogens with two attached hydrogens (primary N) is 1. The number of hydrogen-bond donors (Lipinski definition) is 3. The van der Waals surface area contributed by atoms with Gasteiger partial charge < -0.3 is 4.74 Å². The van der Waals surface area contributed by atoms with Gasteiger partial charge in [0.25, 0.3) is 5.91 Å². The van der Waals surface area contributed by atoms with E-state index in [-0.39, 0.29) is 0 Å². The van der Waals surface area contributed by atoms with Gasteiger partial charge in [0, 0.05) is 12.1 Å². The van der Waals surface area contributed by atoms with E-state index < -0.39 is 23.6 Å². The van der Waals surface area contributed by atoms with E-state index in [2.05, 4.69) is 10.9 Å². The Labute approximate surface area is 134 Å². The number of nitrogens with one attached hydrogen (secondary N) is 2. The quantitative estimate of drug-likeness (QED) is 0.580. The lowest BCUT2D eigenvalue weighted by molar-refractivity contribution is -0.127. The van der Waals surface area contributed by atoms with E-state index in [4.69, 9.17) is 22.2 Å². The number of carbonyl (C=O) groups excluding carboxylic acids is 2. The molecule has 0 heterocycles. The number of amides is 2. The lowest BCUT2D eigenvalue weighted by atomic mass is 10.1. The Hall–Kier alpha value is -1.83.